The Kier molecular flexibility index (Phi) is 3.65. The predicted octanol–water partition coefficient (Wildman–Crippen LogP) is 5.19. The maximum atomic E-state index is 10.3. The van der Waals surface area contributed by atoms with Crippen molar-refractivity contribution in [2.45, 2.75) is 25.6 Å². The van der Waals surface area contributed by atoms with Crippen LogP contribution in [0.2, 0.25) is 5.02 Å². The van der Waals surface area contributed by atoms with Gasteiger partial charge in [0.05, 0.1) is 11.8 Å². The van der Waals surface area contributed by atoms with E-state index >= 15 is 0 Å². The van der Waals surface area contributed by atoms with Gasteiger partial charge in [-0.1, -0.05) is 23.7 Å². The maximum Gasteiger partial charge on any atom is 0.246 e. The number of rotatable bonds is 2. The van der Waals surface area contributed by atoms with E-state index in [-0.39, 0.29) is 11.8 Å². The predicted molar refractivity (Wildman–Crippen MR) is 102 cm³/mol. The summed E-state index contributed by atoms with van der Waals surface area (Å²) in [6.45, 7) is 1.90. The fourth-order valence-corrected chi connectivity index (χ4v) is 3.89. The van der Waals surface area contributed by atoms with Gasteiger partial charge < -0.3 is 14.3 Å². The molecule has 0 radical (unpaired) electrons. The zero-order valence-electron chi connectivity index (χ0n) is 14.6. The highest BCUT2D eigenvalue weighted by molar-refractivity contribution is 6.30. The van der Waals surface area contributed by atoms with Crippen LogP contribution in [0.1, 0.15) is 41.3 Å². The average Bonchev–Trinajstić information content (AvgIpc) is 3.28. The third kappa shape index (κ3) is 2.66. The number of hydrogen-bond acceptors (Lipinski definition) is 5. The van der Waals surface area contributed by atoms with Crippen molar-refractivity contribution in [3.63, 3.8) is 0 Å². The van der Waals surface area contributed by atoms with Crippen LogP contribution in [-0.2, 0) is 0 Å². The molecule has 0 amide bonds. The van der Waals surface area contributed by atoms with E-state index in [0.29, 0.717) is 17.2 Å². The summed E-state index contributed by atoms with van der Waals surface area (Å²) >= 11 is 6.23. The number of hydrazone groups is 1. The first-order valence-corrected chi connectivity index (χ1v) is 9.14. The first-order valence-electron chi connectivity index (χ1n) is 8.77. The van der Waals surface area contributed by atoms with Gasteiger partial charge in [0.1, 0.15) is 17.3 Å². The molecule has 2 aromatic carbocycles. The number of fused-ring (bicyclic) bond motifs is 3. The van der Waals surface area contributed by atoms with Crippen molar-refractivity contribution in [3.05, 3.63) is 82.3 Å². The molecule has 0 saturated carbocycles. The summed E-state index contributed by atoms with van der Waals surface area (Å²) in [7, 11) is 0. The van der Waals surface area contributed by atoms with Gasteiger partial charge in [-0.05, 0) is 49.4 Å². The molecule has 0 aliphatic carbocycles. The number of phenols is 1. The average molecular weight is 381 g/mol. The van der Waals surface area contributed by atoms with Crippen molar-refractivity contribution in [3.8, 4) is 11.5 Å². The summed E-state index contributed by atoms with van der Waals surface area (Å²) in [6, 6.07) is 16.6. The second-order valence-electron chi connectivity index (χ2n) is 6.76. The first kappa shape index (κ1) is 16.3. The topological polar surface area (TPSA) is 58.2 Å². The van der Waals surface area contributed by atoms with Crippen LogP contribution in [0, 0.1) is 6.92 Å². The van der Waals surface area contributed by atoms with Gasteiger partial charge in [-0.2, -0.15) is 5.10 Å². The third-order valence-corrected chi connectivity index (χ3v) is 5.21. The molecule has 0 saturated heterocycles. The van der Waals surface area contributed by atoms with Crippen LogP contribution in [0.15, 0.2) is 64.1 Å². The Labute approximate surface area is 161 Å². The molecular weight excluding hydrogens is 364 g/mol. The molecule has 6 heteroatoms. The maximum absolute atomic E-state index is 10.3. The fraction of sp³-hybridized carbons (Fsp3) is 0.190. The minimum Gasteiger partial charge on any atom is -0.507 e. The zero-order chi connectivity index (χ0) is 18.5. The number of aromatic hydroxyl groups is 1. The lowest BCUT2D eigenvalue weighted by molar-refractivity contribution is -0.0329. The van der Waals surface area contributed by atoms with Crippen molar-refractivity contribution in [2.24, 2.45) is 5.10 Å². The van der Waals surface area contributed by atoms with Crippen LogP contribution >= 0.6 is 11.6 Å². The molecule has 0 bridgehead atoms. The van der Waals surface area contributed by atoms with E-state index < -0.39 is 6.23 Å². The summed E-state index contributed by atoms with van der Waals surface area (Å²) in [4.78, 5) is 0. The Bertz CT molecular complexity index is 1060. The molecule has 5 rings (SSSR count). The SMILES string of the molecule is Cc1ccc([C@@H]2Oc3ccc(Cl)cc3[C@@H]3CC(c4ccccc4O)=NN32)o1. The number of aryl methyl sites for hydroxylation is 1. The Morgan fingerprint density at radius 1 is 1.15 bits per heavy atom. The fourth-order valence-electron chi connectivity index (χ4n) is 3.71. The summed E-state index contributed by atoms with van der Waals surface area (Å²) < 4.78 is 12.0. The largest absolute Gasteiger partial charge is 0.507 e. The molecule has 0 unspecified atom stereocenters. The number of ether oxygens (including phenoxy) is 1. The van der Waals surface area contributed by atoms with Gasteiger partial charge in [-0.3, -0.25) is 0 Å². The minimum absolute atomic E-state index is 0.0440. The second-order valence-corrected chi connectivity index (χ2v) is 7.20. The van der Waals surface area contributed by atoms with Crippen molar-refractivity contribution < 1.29 is 14.3 Å². The monoisotopic (exact) mass is 380 g/mol. The van der Waals surface area contributed by atoms with E-state index in [1.807, 2.05) is 54.4 Å². The van der Waals surface area contributed by atoms with Crippen molar-refractivity contribution in [1.29, 1.82) is 0 Å². The number of furan rings is 1. The van der Waals surface area contributed by atoms with Gasteiger partial charge in [-0.15, -0.1) is 0 Å². The van der Waals surface area contributed by atoms with Gasteiger partial charge in [0.2, 0.25) is 6.23 Å². The standard InChI is InChI=1S/C21H17ClN2O3/c1-12-6-8-20(26-12)21-24-17(15-10-13(22)7-9-19(15)27-21)11-16(23-24)14-4-2-3-5-18(14)25/h2-10,17,21,25H,11H2,1H3/t17-,21-/m0/s1. The number of halogens is 1. The summed E-state index contributed by atoms with van der Waals surface area (Å²) in [6.07, 6.45) is 0.172. The molecule has 2 aliphatic rings. The molecule has 3 aromatic rings. The molecule has 27 heavy (non-hydrogen) atoms. The Hall–Kier alpha value is -2.92. The van der Waals surface area contributed by atoms with Crippen LogP contribution in [0.25, 0.3) is 0 Å². The number of phenolic OH excluding ortho intramolecular Hbond substituents is 1. The van der Waals surface area contributed by atoms with Crippen LogP contribution in [0.3, 0.4) is 0 Å². The van der Waals surface area contributed by atoms with Gasteiger partial charge in [0.25, 0.3) is 0 Å². The summed E-state index contributed by atoms with van der Waals surface area (Å²) in [5, 5.41) is 17.6. The number of para-hydroxylation sites is 1. The van der Waals surface area contributed by atoms with Crippen LogP contribution in [0.5, 0.6) is 11.5 Å². The van der Waals surface area contributed by atoms with E-state index in [4.69, 9.17) is 25.9 Å². The van der Waals surface area contributed by atoms with E-state index in [1.54, 1.807) is 12.1 Å². The van der Waals surface area contributed by atoms with Crippen LogP contribution < -0.4 is 4.74 Å². The van der Waals surface area contributed by atoms with Crippen LogP contribution in [0.4, 0.5) is 0 Å². The Morgan fingerprint density at radius 2 is 2.00 bits per heavy atom. The molecule has 0 fully saturated rings. The number of nitrogens with zero attached hydrogens (tertiary/aromatic N) is 2. The van der Waals surface area contributed by atoms with E-state index in [9.17, 15) is 5.11 Å². The molecule has 0 spiro atoms. The van der Waals surface area contributed by atoms with E-state index in [1.165, 1.54) is 0 Å². The lowest BCUT2D eigenvalue weighted by atomic mass is 9.96. The number of hydrogen-bond donors (Lipinski definition) is 1. The normalized spacial score (nSPS) is 20.7. The highest BCUT2D eigenvalue weighted by Gasteiger charge is 2.42. The molecule has 2 atom stereocenters. The minimum atomic E-state index is -0.472. The van der Waals surface area contributed by atoms with Crippen molar-refractivity contribution in [1.82, 2.24) is 5.01 Å². The highest BCUT2D eigenvalue weighted by Crippen LogP contribution is 2.48. The van der Waals surface area contributed by atoms with Gasteiger partial charge >= 0.3 is 0 Å². The first-order chi connectivity index (χ1) is 13.1. The quantitative estimate of drug-likeness (QED) is 0.664. The van der Waals surface area contributed by atoms with Gasteiger partial charge in [0, 0.05) is 22.6 Å². The molecule has 136 valence electrons. The lowest BCUT2D eigenvalue weighted by Gasteiger charge is -2.37. The van der Waals surface area contributed by atoms with Gasteiger partial charge in [0.15, 0.2) is 5.76 Å². The van der Waals surface area contributed by atoms with Crippen LogP contribution in [-0.4, -0.2) is 15.8 Å². The molecule has 2 aliphatic heterocycles. The summed E-state index contributed by atoms with van der Waals surface area (Å²) in [5.74, 6) is 2.50. The highest BCUT2D eigenvalue weighted by atomic mass is 35.5. The van der Waals surface area contributed by atoms with Gasteiger partial charge in [-0.25, -0.2) is 5.01 Å². The zero-order valence-corrected chi connectivity index (χ0v) is 15.3. The third-order valence-electron chi connectivity index (χ3n) is 4.97. The molecule has 3 heterocycles. The molecular formula is C21H17ClN2O3. The Morgan fingerprint density at radius 3 is 2.78 bits per heavy atom. The van der Waals surface area contributed by atoms with Crippen molar-refractivity contribution >= 4 is 17.3 Å². The number of benzene rings is 2. The summed E-state index contributed by atoms with van der Waals surface area (Å²) in [5.41, 5.74) is 2.52. The second kappa shape index (κ2) is 6.06. The van der Waals surface area contributed by atoms with Crippen molar-refractivity contribution in [2.75, 3.05) is 0 Å². The smallest absolute Gasteiger partial charge is 0.246 e. The van der Waals surface area contributed by atoms with E-state index in [2.05, 4.69) is 0 Å². The Balaban J connectivity index is 1.62. The lowest BCUT2D eigenvalue weighted by Crippen LogP contribution is -2.33. The molecule has 1 aromatic heterocycles. The molecule has 5 nitrogen and oxygen atoms in total. The van der Waals surface area contributed by atoms with E-state index in [0.717, 1.165) is 28.3 Å². The molecule has 1 N–H and O–H groups in total.